The second-order valence-electron chi connectivity index (χ2n) is 12.4. The number of hydrogen-bond acceptors (Lipinski definition) is 8. The molecule has 0 aliphatic carbocycles. The maximum Gasteiger partial charge on any atom is 0.472 e. The topological polar surface area (TPSA) is 134 Å². The summed E-state index contributed by atoms with van der Waals surface area (Å²) in [6, 6.07) is 0. The van der Waals surface area contributed by atoms with Gasteiger partial charge >= 0.3 is 19.8 Å². The Morgan fingerprint density at radius 1 is 0.600 bits per heavy atom. The highest BCUT2D eigenvalue weighted by atomic mass is 31.2. The molecule has 0 rings (SSSR count). The van der Waals surface area contributed by atoms with Crippen LogP contribution < -0.4 is 5.73 Å². The van der Waals surface area contributed by atoms with Crippen LogP contribution in [0.5, 0.6) is 0 Å². The van der Waals surface area contributed by atoms with Gasteiger partial charge in [-0.1, -0.05) is 120 Å². The molecule has 2 atom stereocenters. The highest BCUT2D eigenvalue weighted by molar-refractivity contribution is 7.47. The van der Waals surface area contributed by atoms with Gasteiger partial charge in [0, 0.05) is 19.4 Å². The number of rotatable bonds is 35. The lowest BCUT2D eigenvalue weighted by Crippen LogP contribution is -2.29. The zero-order valence-electron chi connectivity index (χ0n) is 31.4. The van der Waals surface area contributed by atoms with Crippen molar-refractivity contribution >= 4 is 19.8 Å². The van der Waals surface area contributed by atoms with Crippen molar-refractivity contribution in [3.63, 3.8) is 0 Å². The first-order valence-electron chi connectivity index (χ1n) is 19.3. The van der Waals surface area contributed by atoms with E-state index in [2.05, 4.69) is 68.5 Å². The molecule has 3 N–H and O–H groups in total. The number of ether oxygens (including phenoxy) is 2. The minimum atomic E-state index is -4.39. The van der Waals surface area contributed by atoms with Gasteiger partial charge in [-0.05, 0) is 77.0 Å². The van der Waals surface area contributed by atoms with Gasteiger partial charge in [0.1, 0.15) is 6.61 Å². The first-order chi connectivity index (χ1) is 24.3. The Bertz CT molecular complexity index is 1010. The van der Waals surface area contributed by atoms with Crippen LogP contribution in [0, 0.1) is 0 Å². The van der Waals surface area contributed by atoms with Crippen molar-refractivity contribution in [2.45, 2.75) is 155 Å². The molecular formula is C40H70NO8P. The number of phosphoric acid groups is 1. The minimum Gasteiger partial charge on any atom is -0.462 e. The molecule has 10 heteroatoms. The standard InChI is InChI=1S/C40H70NO8P/c1-3-5-7-9-11-13-15-17-18-19-20-21-23-24-26-28-30-32-39(42)46-36-38(37-48-50(44,45)47-35-34-41)49-40(43)33-31-29-27-25-22-16-14-12-10-8-6-4-2/h11-14,17-18,20-21,24,26,38H,3-10,15-16,19,22-23,25,27-37,41H2,1-2H3,(H,44,45)/b13-11+,14-12+,18-17+,21-20+,26-24+/t38-/m0/s1. The summed E-state index contributed by atoms with van der Waals surface area (Å²) in [7, 11) is -4.39. The molecule has 288 valence electrons. The Balaban J connectivity index is 4.34. The van der Waals surface area contributed by atoms with Crippen molar-refractivity contribution in [3.8, 4) is 0 Å². The predicted octanol–water partition coefficient (Wildman–Crippen LogP) is 10.5. The van der Waals surface area contributed by atoms with Crippen LogP contribution in [-0.4, -0.2) is 49.3 Å². The highest BCUT2D eigenvalue weighted by Crippen LogP contribution is 2.43. The molecule has 0 fully saturated rings. The highest BCUT2D eigenvalue weighted by Gasteiger charge is 2.25. The Morgan fingerprint density at radius 3 is 1.62 bits per heavy atom. The van der Waals surface area contributed by atoms with Gasteiger partial charge in [-0.2, -0.15) is 0 Å². The number of phosphoric ester groups is 1. The van der Waals surface area contributed by atoms with Gasteiger partial charge in [-0.25, -0.2) is 4.57 Å². The van der Waals surface area contributed by atoms with Gasteiger partial charge in [0.2, 0.25) is 0 Å². The summed E-state index contributed by atoms with van der Waals surface area (Å²) in [5.41, 5.74) is 5.32. The van der Waals surface area contributed by atoms with Crippen molar-refractivity contribution in [1.82, 2.24) is 0 Å². The summed E-state index contributed by atoms with van der Waals surface area (Å²) in [6.45, 7) is 3.58. The van der Waals surface area contributed by atoms with Crippen LogP contribution in [0.1, 0.15) is 149 Å². The van der Waals surface area contributed by atoms with Crippen LogP contribution in [0.3, 0.4) is 0 Å². The van der Waals surface area contributed by atoms with E-state index in [1.807, 2.05) is 6.08 Å². The van der Waals surface area contributed by atoms with E-state index in [4.69, 9.17) is 24.3 Å². The summed E-state index contributed by atoms with van der Waals surface area (Å²) in [5.74, 6) is -0.912. The number of allylic oxidation sites excluding steroid dienone is 10. The molecule has 0 aliphatic rings. The lowest BCUT2D eigenvalue weighted by molar-refractivity contribution is -0.161. The van der Waals surface area contributed by atoms with Crippen LogP contribution in [0.2, 0.25) is 0 Å². The molecule has 50 heavy (non-hydrogen) atoms. The molecule has 0 amide bonds. The van der Waals surface area contributed by atoms with E-state index in [0.29, 0.717) is 12.8 Å². The molecule has 0 radical (unpaired) electrons. The zero-order chi connectivity index (χ0) is 36.8. The minimum absolute atomic E-state index is 0.0424. The Morgan fingerprint density at radius 2 is 1.06 bits per heavy atom. The molecule has 9 nitrogen and oxygen atoms in total. The SMILES string of the molecule is CCCCC/C=C/C/C=C/C/C=C/C/C=C/CCCC(=O)OC[C@@H](COP(=O)(O)OCCN)OC(=O)CCCCCCC/C=C/CCCCC. The smallest absolute Gasteiger partial charge is 0.462 e. The predicted molar refractivity (Wildman–Crippen MR) is 206 cm³/mol. The average molecular weight is 724 g/mol. The van der Waals surface area contributed by atoms with E-state index >= 15 is 0 Å². The number of esters is 2. The summed E-state index contributed by atoms with van der Waals surface area (Å²) in [4.78, 5) is 34.7. The molecule has 1 unspecified atom stereocenters. The fraction of sp³-hybridized carbons (Fsp3) is 0.700. The average Bonchev–Trinajstić information content (AvgIpc) is 3.10. The summed E-state index contributed by atoms with van der Waals surface area (Å²) in [6.07, 6.45) is 41.1. The van der Waals surface area contributed by atoms with E-state index in [1.165, 1.54) is 44.9 Å². The first kappa shape index (κ1) is 47.7. The normalized spacial score (nSPS) is 14.1. The van der Waals surface area contributed by atoms with E-state index in [1.54, 1.807) is 0 Å². The molecule has 0 aliphatic heterocycles. The maximum absolute atomic E-state index is 12.5. The first-order valence-corrected chi connectivity index (χ1v) is 20.8. The molecule has 0 aromatic carbocycles. The fourth-order valence-electron chi connectivity index (χ4n) is 4.74. The number of carbonyl (C=O) groups excluding carboxylic acids is 2. The largest absolute Gasteiger partial charge is 0.472 e. The van der Waals surface area contributed by atoms with E-state index < -0.39 is 32.5 Å². The molecule has 0 aromatic rings. The number of hydrogen-bond donors (Lipinski definition) is 2. The Labute approximate surface area is 304 Å². The molecule has 0 saturated heterocycles. The van der Waals surface area contributed by atoms with Gasteiger partial charge in [-0.3, -0.25) is 18.6 Å². The van der Waals surface area contributed by atoms with Crippen molar-refractivity contribution in [1.29, 1.82) is 0 Å². The van der Waals surface area contributed by atoms with Gasteiger partial charge in [0.05, 0.1) is 13.2 Å². The Kier molecular flexibility index (Phi) is 34.8. The molecule has 0 spiro atoms. The summed E-state index contributed by atoms with van der Waals surface area (Å²) in [5, 5.41) is 0. The molecule has 0 heterocycles. The van der Waals surface area contributed by atoms with Crippen molar-refractivity contribution < 1.29 is 37.6 Å². The van der Waals surface area contributed by atoms with Gasteiger partial charge in [0.25, 0.3) is 0 Å². The number of carbonyl (C=O) groups is 2. The second-order valence-corrected chi connectivity index (χ2v) is 13.9. The van der Waals surface area contributed by atoms with Gasteiger partial charge < -0.3 is 20.1 Å². The van der Waals surface area contributed by atoms with Crippen molar-refractivity contribution in [2.75, 3.05) is 26.4 Å². The van der Waals surface area contributed by atoms with E-state index in [0.717, 1.165) is 64.2 Å². The number of unbranched alkanes of at least 4 members (excludes halogenated alkanes) is 12. The Hall–Kier alpha value is -2.29. The summed E-state index contributed by atoms with van der Waals surface area (Å²) < 4.78 is 32.6. The zero-order valence-corrected chi connectivity index (χ0v) is 32.3. The van der Waals surface area contributed by atoms with Crippen LogP contribution in [0.25, 0.3) is 0 Å². The van der Waals surface area contributed by atoms with E-state index in [-0.39, 0.29) is 32.6 Å². The molecular weight excluding hydrogens is 653 g/mol. The fourth-order valence-corrected chi connectivity index (χ4v) is 5.50. The van der Waals surface area contributed by atoms with Crippen molar-refractivity contribution in [2.24, 2.45) is 5.73 Å². The van der Waals surface area contributed by atoms with Crippen LogP contribution in [0.15, 0.2) is 60.8 Å². The second kappa shape index (κ2) is 36.5. The van der Waals surface area contributed by atoms with Gasteiger partial charge in [0.15, 0.2) is 6.10 Å². The third-order valence-electron chi connectivity index (χ3n) is 7.63. The lowest BCUT2D eigenvalue weighted by Gasteiger charge is -2.19. The third-order valence-corrected chi connectivity index (χ3v) is 8.61. The van der Waals surface area contributed by atoms with Gasteiger partial charge in [-0.15, -0.1) is 0 Å². The molecule has 0 saturated carbocycles. The quantitative estimate of drug-likeness (QED) is 0.0283. The molecule has 0 bridgehead atoms. The third kappa shape index (κ3) is 35.5. The molecule has 0 aromatic heterocycles. The summed E-state index contributed by atoms with van der Waals surface area (Å²) >= 11 is 0. The van der Waals surface area contributed by atoms with Crippen molar-refractivity contribution in [3.05, 3.63) is 60.8 Å². The van der Waals surface area contributed by atoms with Crippen LogP contribution in [0.4, 0.5) is 0 Å². The maximum atomic E-state index is 12.5. The monoisotopic (exact) mass is 723 g/mol. The van der Waals surface area contributed by atoms with Crippen LogP contribution >= 0.6 is 7.82 Å². The number of nitrogens with two attached hydrogens (primary N) is 1. The lowest BCUT2D eigenvalue weighted by atomic mass is 10.1. The van der Waals surface area contributed by atoms with Crippen LogP contribution in [-0.2, 0) is 32.7 Å². The van der Waals surface area contributed by atoms with E-state index in [9.17, 15) is 19.0 Å².